The molecule has 0 aliphatic rings. The molecule has 0 aliphatic heterocycles. The zero-order valence-electron chi connectivity index (χ0n) is 22.0. The van der Waals surface area contributed by atoms with Crippen molar-refractivity contribution in [3.8, 4) is 0 Å². The fourth-order valence-corrected chi connectivity index (χ4v) is 2.36. The predicted octanol–water partition coefficient (Wildman–Crippen LogP) is 1.23. The van der Waals surface area contributed by atoms with Crippen LogP contribution < -0.4 is 11.5 Å². The van der Waals surface area contributed by atoms with Crippen molar-refractivity contribution in [2.75, 3.05) is 32.9 Å². The number of nitrogens with zero attached hydrogens (tertiary/aromatic N) is 2. The maximum atomic E-state index is 11.5. The Morgan fingerprint density at radius 2 is 1.11 bits per heavy atom. The number of esters is 3. The Kier molecular flexibility index (Phi) is 18.5. The maximum absolute atomic E-state index is 11.5. The lowest BCUT2D eigenvalue weighted by Crippen LogP contribution is -2.62. The Hall–Kier alpha value is -2.57. The summed E-state index contributed by atoms with van der Waals surface area (Å²) in [5.74, 6) is -1.31. The lowest BCUT2D eigenvalue weighted by Gasteiger charge is -2.40. The number of aliphatic hydroxyl groups is 1. The van der Waals surface area contributed by atoms with Gasteiger partial charge >= 0.3 is 17.9 Å². The maximum Gasteiger partial charge on any atom is 0.333 e. The number of carbonyl (C=O) groups is 3. The molecule has 35 heavy (non-hydrogen) atoms. The summed E-state index contributed by atoms with van der Waals surface area (Å²) in [5.41, 5.74) is 13.2. The number of hydrogen-bond acceptors (Lipinski definition) is 11. The summed E-state index contributed by atoms with van der Waals surface area (Å²) >= 11 is 0. The van der Waals surface area contributed by atoms with Crippen molar-refractivity contribution in [1.82, 2.24) is 9.80 Å². The molecule has 0 aromatic heterocycles. The highest BCUT2D eigenvalue weighted by Gasteiger charge is 2.27. The van der Waals surface area contributed by atoms with Crippen molar-refractivity contribution >= 4 is 17.9 Å². The minimum Gasteiger partial charge on any atom is -0.462 e. The third-order valence-corrected chi connectivity index (χ3v) is 4.33. The first kappa shape index (κ1) is 34.6. The second kappa shape index (κ2) is 18.7. The summed E-state index contributed by atoms with van der Waals surface area (Å²) in [6.45, 7) is 21.4. The van der Waals surface area contributed by atoms with Gasteiger partial charge in [0.25, 0.3) is 0 Å². The van der Waals surface area contributed by atoms with E-state index in [0.717, 1.165) is 6.42 Å². The Morgan fingerprint density at radius 1 is 0.771 bits per heavy atom. The third kappa shape index (κ3) is 15.9. The Balaban J connectivity index is 0. The molecule has 202 valence electrons. The van der Waals surface area contributed by atoms with Crippen LogP contribution in [-0.2, 0) is 28.6 Å². The largest absolute Gasteiger partial charge is 0.462 e. The van der Waals surface area contributed by atoms with Crippen LogP contribution in [0, 0.1) is 0 Å². The first-order valence-corrected chi connectivity index (χ1v) is 11.4. The van der Waals surface area contributed by atoms with Crippen LogP contribution in [-0.4, -0.2) is 84.4 Å². The molecular formula is C24H44N4O7. The van der Waals surface area contributed by atoms with E-state index in [1.165, 1.54) is 4.90 Å². The van der Waals surface area contributed by atoms with E-state index >= 15 is 0 Å². The predicted molar refractivity (Wildman–Crippen MR) is 134 cm³/mol. The molecule has 0 aliphatic carbocycles. The van der Waals surface area contributed by atoms with Gasteiger partial charge in [0.05, 0.1) is 12.8 Å². The van der Waals surface area contributed by atoms with E-state index in [0.29, 0.717) is 17.8 Å². The van der Waals surface area contributed by atoms with Crippen molar-refractivity contribution in [1.29, 1.82) is 0 Å². The van der Waals surface area contributed by atoms with Crippen LogP contribution in [0.3, 0.4) is 0 Å². The molecule has 3 unspecified atom stereocenters. The fourth-order valence-electron chi connectivity index (χ4n) is 2.36. The number of carbonyl (C=O) groups excluding carboxylic acids is 3. The first-order chi connectivity index (χ1) is 16.2. The number of aliphatic hydroxyl groups excluding tert-OH is 1. The van der Waals surface area contributed by atoms with E-state index in [1.54, 1.807) is 39.5 Å². The molecule has 0 saturated heterocycles. The van der Waals surface area contributed by atoms with Gasteiger partial charge in [0.2, 0.25) is 0 Å². The number of ether oxygens (including phenoxy) is 3. The normalized spacial score (nSPS) is 13.1. The van der Waals surface area contributed by atoms with E-state index in [2.05, 4.69) is 19.7 Å². The zero-order chi connectivity index (χ0) is 27.7. The lowest BCUT2D eigenvalue weighted by molar-refractivity contribution is -0.143. The van der Waals surface area contributed by atoms with Gasteiger partial charge in [-0.3, -0.25) is 4.90 Å². The van der Waals surface area contributed by atoms with Crippen LogP contribution in [0.25, 0.3) is 0 Å². The van der Waals surface area contributed by atoms with E-state index < -0.39 is 30.6 Å². The van der Waals surface area contributed by atoms with Crippen LogP contribution >= 0.6 is 0 Å². The van der Waals surface area contributed by atoms with Gasteiger partial charge < -0.3 is 30.8 Å². The Bertz CT molecular complexity index is 679. The second-order valence-electron chi connectivity index (χ2n) is 8.01. The molecule has 0 aromatic carbocycles. The fraction of sp³-hybridized carbons (Fsp3) is 0.625. The molecular weight excluding hydrogens is 456 g/mol. The summed E-state index contributed by atoms with van der Waals surface area (Å²) in [6.07, 6.45) is -1.29. The lowest BCUT2D eigenvalue weighted by atomic mass is 10.3. The number of nitrogens with two attached hydrogens (primary N) is 2. The Labute approximate surface area is 209 Å². The van der Waals surface area contributed by atoms with Crippen molar-refractivity contribution in [3.63, 3.8) is 0 Å². The third-order valence-electron chi connectivity index (χ3n) is 4.33. The highest BCUT2D eigenvalue weighted by atomic mass is 16.5. The summed E-state index contributed by atoms with van der Waals surface area (Å²) in [5, 5.41) is 10.00. The summed E-state index contributed by atoms with van der Waals surface area (Å²) < 4.78 is 14.8. The minimum atomic E-state index is -0.909. The summed E-state index contributed by atoms with van der Waals surface area (Å²) in [6, 6.07) is 0. The summed E-state index contributed by atoms with van der Waals surface area (Å²) in [4.78, 5) is 36.6. The van der Waals surface area contributed by atoms with Gasteiger partial charge in [-0.1, -0.05) is 26.7 Å². The zero-order valence-corrected chi connectivity index (χ0v) is 22.0. The van der Waals surface area contributed by atoms with E-state index in [1.807, 2.05) is 6.92 Å². The van der Waals surface area contributed by atoms with Gasteiger partial charge in [-0.2, -0.15) is 0 Å². The van der Waals surface area contributed by atoms with Crippen molar-refractivity contribution in [2.24, 2.45) is 11.5 Å². The molecule has 0 aromatic rings. The molecule has 0 rings (SSSR count). The highest BCUT2D eigenvalue weighted by Crippen LogP contribution is 2.08. The monoisotopic (exact) mass is 500 g/mol. The van der Waals surface area contributed by atoms with Gasteiger partial charge in [-0.05, 0) is 41.0 Å². The van der Waals surface area contributed by atoms with Crippen LogP contribution in [0.1, 0.15) is 48.0 Å². The molecule has 3 atom stereocenters. The van der Waals surface area contributed by atoms with E-state index in [-0.39, 0.29) is 37.8 Å². The molecule has 0 fully saturated rings. The molecule has 5 N–H and O–H groups in total. The molecule has 0 amide bonds. The van der Waals surface area contributed by atoms with Crippen LogP contribution in [0.4, 0.5) is 0 Å². The first-order valence-electron chi connectivity index (χ1n) is 11.4. The standard InChI is InChI=1S/C17H32N4O5.C7H12O2/c1-11(2)15(23)25-9-7-20(13(5)18)17(19)21(14(6)22)8-10-26-16(24)12(3)4;1-4-5-9-7(8)6(2)3/h13-14,17,22H,1,3,7-10,18-19H2,2,4-6H3;2,4-5H2,1,3H3. The molecule has 11 heteroatoms. The number of hydrogen-bond donors (Lipinski definition) is 3. The summed E-state index contributed by atoms with van der Waals surface area (Å²) in [7, 11) is 0. The van der Waals surface area contributed by atoms with Crippen molar-refractivity contribution in [3.05, 3.63) is 36.5 Å². The average molecular weight is 501 g/mol. The number of rotatable bonds is 15. The van der Waals surface area contributed by atoms with Crippen LogP contribution in [0.5, 0.6) is 0 Å². The second-order valence-corrected chi connectivity index (χ2v) is 8.01. The molecule has 11 nitrogen and oxygen atoms in total. The van der Waals surface area contributed by atoms with Crippen molar-refractivity contribution in [2.45, 2.75) is 66.6 Å². The van der Waals surface area contributed by atoms with Gasteiger partial charge in [0.15, 0.2) is 0 Å². The SMILES string of the molecule is C=C(C)C(=O)OCCC.C=C(C)C(=O)OCCN(C(C)N)C(N)N(CCOC(=O)C(=C)C)C(C)O. The average Bonchev–Trinajstić information content (AvgIpc) is 2.76. The molecule has 0 spiro atoms. The molecule has 0 saturated carbocycles. The minimum absolute atomic E-state index is 0.0295. The van der Waals surface area contributed by atoms with E-state index in [9.17, 15) is 19.5 Å². The molecule has 0 bridgehead atoms. The smallest absolute Gasteiger partial charge is 0.333 e. The van der Waals surface area contributed by atoms with Crippen molar-refractivity contribution < 1.29 is 33.7 Å². The molecule has 0 heterocycles. The topological polar surface area (TPSA) is 158 Å². The Morgan fingerprint density at radius 3 is 1.40 bits per heavy atom. The van der Waals surface area contributed by atoms with E-state index in [4.69, 9.17) is 25.7 Å². The van der Waals surface area contributed by atoms with Crippen LogP contribution in [0.15, 0.2) is 36.5 Å². The van der Waals surface area contributed by atoms with Crippen LogP contribution in [0.2, 0.25) is 0 Å². The highest BCUT2D eigenvalue weighted by molar-refractivity contribution is 5.87. The van der Waals surface area contributed by atoms with Gasteiger partial charge in [0.1, 0.15) is 25.7 Å². The van der Waals surface area contributed by atoms with Gasteiger partial charge in [-0.25, -0.2) is 19.3 Å². The van der Waals surface area contributed by atoms with Gasteiger partial charge in [-0.15, -0.1) is 0 Å². The van der Waals surface area contributed by atoms with Gasteiger partial charge in [0, 0.05) is 29.8 Å². The molecule has 0 radical (unpaired) electrons. The quantitative estimate of drug-likeness (QED) is 0.128.